The predicted molar refractivity (Wildman–Crippen MR) is 56.2 cm³/mol. The Labute approximate surface area is 87.6 Å². The lowest BCUT2D eigenvalue weighted by Gasteiger charge is -2.26. The van der Waals surface area contributed by atoms with Crippen LogP contribution in [-0.4, -0.2) is 16.4 Å². The Bertz CT molecular complexity index is 323. The van der Waals surface area contributed by atoms with E-state index in [1.54, 1.807) is 11.3 Å². The van der Waals surface area contributed by atoms with Crippen molar-refractivity contribution in [2.45, 2.75) is 38.1 Å². The first-order valence-corrected chi connectivity index (χ1v) is 5.81. The molecule has 0 aliphatic carbocycles. The topological polar surface area (TPSA) is 42.0 Å². The maximum Gasteiger partial charge on any atom is 0.220 e. The zero-order valence-corrected chi connectivity index (χ0v) is 9.06. The van der Waals surface area contributed by atoms with Crippen LogP contribution >= 0.6 is 11.3 Å². The van der Waals surface area contributed by atoms with Gasteiger partial charge in [-0.25, -0.2) is 4.98 Å². The van der Waals surface area contributed by atoms with Gasteiger partial charge in [0, 0.05) is 30.0 Å². The summed E-state index contributed by atoms with van der Waals surface area (Å²) in [6.45, 7) is 2.12. The zero-order chi connectivity index (χ0) is 10.0. The normalized spacial score (nSPS) is 26.5. The van der Waals surface area contributed by atoms with E-state index in [4.69, 9.17) is 0 Å². The van der Waals surface area contributed by atoms with Crippen molar-refractivity contribution in [2.24, 2.45) is 0 Å². The highest BCUT2D eigenvalue weighted by molar-refractivity contribution is 7.09. The smallest absolute Gasteiger partial charge is 0.220 e. The standard InChI is InChI=1S/C10H14N2OS/c1-2-10(4-3-8(13)12-10)7-9-11-5-6-14-9/h5-6H,2-4,7H2,1H3,(H,12,13). The number of carbonyl (C=O) groups excluding carboxylic acids is 1. The van der Waals surface area contributed by atoms with E-state index in [9.17, 15) is 4.79 Å². The molecule has 0 bridgehead atoms. The van der Waals surface area contributed by atoms with Gasteiger partial charge in [0.1, 0.15) is 0 Å². The highest BCUT2D eigenvalue weighted by Crippen LogP contribution is 2.28. The summed E-state index contributed by atoms with van der Waals surface area (Å²) >= 11 is 1.66. The second-order valence-electron chi connectivity index (χ2n) is 3.78. The van der Waals surface area contributed by atoms with Crippen LogP contribution in [0.2, 0.25) is 0 Å². The quantitative estimate of drug-likeness (QED) is 0.825. The Kier molecular flexibility index (Phi) is 2.54. The van der Waals surface area contributed by atoms with Crippen LogP contribution in [0.1, 0.15) is 31.2 Å². The molecule has 2 heterocycles. The molecule has 1 unspecified atom stereocenters. The molecule has 1 saturated heterocycles. The minimum Gasteiger partial charge on any atom is -0.350 e. The van der Waals surface area contributed by atoms with Gasteiger partial charge in [0.25, 0.3) is 0 Å². The summed E-state index contributed by atoms with van der Waals surface area (Å²) in [7, 11) is 0. The Morgan fingerprint density at radius 3 is 3.07 bits per heavy atom. The van der Waals surface area contributed by atoms with E-state index in [-0.39, 0.29) is 11.4 Å². The van der Waals surface area contributed by atoms with Crippen LogP contribution in [0.5, 0.6) is 0 Å². The number of rotatable bonds is 3. The van der Waals surface area contributed by atoms with E-state index in [1.165, 1.54) is 0 Å². The van der Waals surface area contributed by atoms with Gasteiger partial charge in [-0.05, 0) is 12.8 Å². The van der Waals surface area contributed by atoms with E-state index in [0.29, 0.717) is 6.42 Å². The number of aromatic nitrogens is 1. The molecule has 1 N–H and O–H groups in total. The van der Waals surface area contributed by atoms with Crippen molar-refractivity contribution in [3.05, 3.63) is 16.6 Å². The molecule has 1 fully saturated rings. The summed E-state index contributed by atoms with van der Waals surface area (Å²) in [5.74, 6) is 0.184. The first kappa shape index (κ1) is 9.65. The molecule has 0 aromatic carbocycles. The third-order valence-electron chi connectivity index (χ3n) is 2.89. The number of hydrogen-bond donors (Lipinski definition) is 1. The highest BCUT2D eigenvalue weighted by Gasteiger charge is 2.36. The van der Waals surface area contributed by atoms with E-state index in [1.807, 2.05) is 11.6 Å². The van der Waals surface area contributed by atoms with Crippen LogP contribution in [0.3, 0.4) is 0 Å². The van der Waals surface area contributed by atoms with Crippen molar-refractivity contribution in [1.82, 2.24) is 10.3 Å². The molecule has 76 valence electrons. The molecule has 0 spiro atoms. The fourth-order valence-electron chi connectivity index (χ4n) is 1.93. The molecule has 14 heavy (non-hydrogen) atoms. The molecule has 1 atom stereocenters. The predicted octanol–water partition coefficient (Wildman–Crippen LogP) is 1.74. The van der Waals surface area contributed by atoms with Crippen molar-refractivity contribution >= 4 is 17.2 Å². The van der Waals surface area contributed by atoms with Crippen molar-refractivity contribution in [2.75, 3.05) is 0 Å². The van der Waals surface area contributed by atoms with Gasteiger partial charge >= 0.3 is 0 Å². The van der Waals surface area contributed by atoms with Gasteiger partial charge in [0.15, 0.2) is 0 Å². The minimum absolute atomic E-state index is 0.0189. The summed E-state index contributed by atoms with van der Waals surface area (Å²) in [6, 6.07) is 0. The summed E-state index contributed by atoms with van der Waals surface area (Å²) in [4.78, 5) is 15.5. The third kappa shape index (κ3) is 1.80. The third-order valence-corrected chi connectivity index (χ3v) is 3.66. The number of nitrogens with one attached hydrogen (secondary N) is 1. The minimum atomic E-state index is -0.0189. The second kappa shape index (κ2) is 3.69. The lowest BCUT2D eigenvalue weighted by Crippen LogP contribution is -2.42. The molecule has 4 heteroatoms. The first-order valence-electron chi connectivity index (χ1n) is 4.93. The lowest BCUT2D eigenvalue weighted by molar-refractivity contribution is -0.119. The molecule has 0 saturated carbocycles. The van der Waals surface area contributed by atoms with E-state index in [0.717, 1.165) is 24.3 Å². The van der Waals surface area contributed by atoms with E-state index < -0.39 is 0 Å². The van der Waals surface area contributed by atoms with Crippen molar-refractivity contribution in [1.29, 1.82) is 0 Å². The molecule has 1 aliphatic rings. The molecule has 1 aromatic heterocycles. The van der Waals surface area contributed by atoms with Crippen LogP contribution in [-0.2, 0) is 11.2 Å². The lowest BCUT2D eigenvalue weighted by atomic mass is 9.91. The molecular formula is C10H14N2OS. The molecule has 1 aliphatic heterocycles. The van der Waals surface area contributed by atoms with E-state index >= 15 is 0 Å². The Morgan fingerprint density at radius 2 is 2.57 bits per heavy atom. The van der Waals surface area contributed by atoms with Gasteiger partial charge in [-0.1, -0.05) is 6.92 Å². The number of thiazole rings is 1. The average molecular weight is 210 g/mol. The Balaban J connectivity index is 2.10. The zero-order valence-electron chi connectivity index (χ0n) is 8.25. The molecule has 2 rings (SSSR count). The second-order valence-corrected chi connectivity index (χ2v) is 4.76. The largest absolute Gasteiger partial charge is 0.350 e. The number of nitrogens with zero attached hydrogens (tertiary/aromatic N) is 1. The number of hydrogen-bond acceptors (Lipinski definition) is 3. The summed E-state index contributed by atoms with van der Waals surface area (Å²) in [6.07, 6.45) is 5.30. The van der Waals surface area contributed by atoms with Gasteiger partial charge in [-0.2, -0.15) is 0 Å². The summed E-state index contributed by atoms with van der Waals surface area (Å²) in [5, 5.41) is 6.18. The van der Waals surface area contributed by atoms with Gasteiger partial charge < -0.3 is 5.32 Å². The first-order chi connectivity index (χ1) is 6.74. The number of amides is 1. The van der Waals surface area contributed by atoms with Crippen LogP contribution in [0, 0.1) is 0 Å². The molecule has 0 radical (unpaired) electrons. The van der Waals surface area contributed by atoms with Gasteiger partial charge in [0.05, 0.1) is 5.01 Å². The highest BCUT2D eigenvalue weighted by atomic mass is 32.1. The van der Waals surface area contributed by atoms with Crippen LogP contribution < -0.4 is 5.32 Å². The summed E-state index contributed by atoms with van der Waals surface area (Å²) in [5.41, 5.74) is -0.0189. The van der Waals surface area contributed by atoms with Crippen LogP contribution in [0.15, 0.2) is 11.6 Å². The monoisotopic (exact) mass is 210 g/mol. The SMILES string of the molecule is CCC1(Cc2nccs2)CCC(=O)N1. The van der Waals surface area contributed by atoms with Crippen LogP contribution in [0.4, 0.5) is 0 Å². The fourth-order valence-corrected chi connectivity index (χ4v) is 2.69. The van der Waals surface area contributed by atoms with Crippen molar-refractivity contribution < 1.29 is 4.79 Å². The Morgan fingerprint density at radius 1 is 1.71 bits per heavy atom. The molecule has 1 amide bonds. The van der Waals surface area contributed by atoms with Crippen LogP contribution in [0.25, 0.3) is 0 Å². The molecule has 1 aromatic rings. The fraction of sp³-hybridized carbons (Fsp3) is 0.600. The summed E-state index contributed by atoms with van der Waals surface area (Å²) < 4.78 is 0. The molecular weight excluding hydrogens is 196 g/mol. The van der Waals surface area contributed by atoms with E-state index in [2.05, 4.69) is 17.2 Å². The maximum absolute atomic E-state index is 11.2. The van der Waals surface area contributed by atoms with Crippen molar-refractivity contribution in [3.8, 4) is 0 Å². The number of carbonyl (C=O) groups is 1. The maximum atomic E-state index is 11.2. The average Bonchev–Trinajstić information content (AvgIpc) is 2.77. The Hall–Kier alpha value is -0.900. The molecule has 3 nitrogen and oxygen atoms in total. The van der Waals surface area contributed by atoms with Gasteiger partial charge in [-0.3, -0.25) is 4.79 Å². The van der Waals surface area contributed by atoms with Crippen molar-refractivity contribution in [3.63, 3.8) is 0 Å². The van der Waals surface area contributed by atoms with Gasteiger partial charge in [-0.15, -0.1) is 11.3 Å². The van der Waals surface area contributed by atoms with Gasteiger partial charge in [0.2, 0.25) is 5.91 Å².